The third kappa shape index (κ3) is 6.38. The van der Waals surface area contributed by atoms with E-state index in [0.29, 0.717) is 15.6 Å². The van der Waals surface area contributed by atoms with Crippen LogP contribution in [-0.4, -0.2) is 31.4 Å². The molecule has 160 valence electrons. The standard InChI is InChI=1S/C22H19Cl2N3O3S/c23-20-12-11-18(13-21(20)24)14-25-26-22(28)16-27(15-17-7-3-1-4-8-17)31(29,30)19-9-5-2-6-10-19/h1-14H,15-16H2,(H,26,28)/b25-14+. The van der Waals surface area contributed by atoms with E-state index < -0.39 is 22.5 Å². The number of hydrogen-bond donors (Lipinski definition) is 1. The molecule has 0 radical (unpaired) electrons. The molecule has 0 aliphatic carbocycles. The Balaban J connectivity index is 1.75. The lowest BCUT2D eigenvalue weighted by molar-refractivity contribution is -0.121. The Morgan fingerprint density at radius 2 is 1.58 bits per heavy atom. The zero-order valence-corrected chi connectivity index (χ0v) is 18.6. The smallest absolute Gasteiger partial charge is 0.255 e. The fraction of sp³-hybridized carbons (Fsp3) is 0.0909. The molecule has 9 heteroatoms. The molecule has 0 saturated carbocycles. The van der Waals surface area contributed by atoms with Gasteiger partial charge in [0.15, 0.2) is 0 Å². The third-order valence-electron chi connectivity index (χ3n) is 4.25. The minimum Gasteiger partial charge on any atom is -0.272 e. The maximum atomic E-state index is 13.1. The second kappa shape index (κ2) is 10.5. The molecule has 0 bridgehead atoms. The van der Waals surface area contributed by atoms with Crippen molar-refractivity contribution in [3.63, 3.8) is 0 Å². The van der Waals surface area contributed by atoms with Crippen LogP contribution in [0.5, 0.6) is 0 Å². The second-order valence-electron chi connectivity index (χ2n) is 6.54. The topological polar surface area (TPSA) is 78.8 Å². The molecule has 0 spiro atoms. The number of hydrogen-bond acceptors (Lipinski definition) is 4. The van der Waals surface area contributed by atoms with Crippen LogP contribution in [0, 0.1) is 0 Å². The van der Waals surface area contributed by atoms with E-state index >= 15 is 0 Å². The molecule has 0 atom stereocenters. The first kappa shape index (κ1) is 23.0. The Morgan fingerprint density at radius 3 is 2.23 bits per heavy atom. The summed E-state index contributed by atoms with van der Waals surface area (Å²) in [6, 6.07) is 21.9. The molecular weight excluding hydrogens is 457 g/mol. The summed E-state index contributed by atoms with van der Waals surface area (Å²) in [6.45, 7) is -0.354. The molecule has 1 N–H and O–H groups in total. The molecule has 0 saturated heterocycles. The molecule has 0 heterocycles. The number of carbonyl (C=O) groups excluding carboxylic acids is 1. The maximum Gasteiger partial charge on any atom is 0.255 e. The predicted octanol–water partition coefficient (Wildman–Crippen LogP) is 4.33. The van der Waals surface area contributed by atoms with Crippen LogP contribution in [0.2, 0.25) is 10.0 Å². The van der Waals surface area contributed by atoms with Crippen molar-refractivity contribution < 1.29 is 13.2 Å². The van der Waals surface area contributed by atoms with E-state index in [-0.39, 0.29) is 11.4 Å². The Hall–Kier alpha value is -2.71. The van der Waals surface area contributed by atoms with Gasteiger partial charge in [-0.15, -0.1) is 0 Å². The summed E-state index contributed by atoms with van der Waals surface area (Å²) < 4.78 is 27.3. The number of carbonyl (C=O) groups is 1. The van der Waals surface area contributed by atoms with Gasteiger partial charge in [0, 0.05) is 6.54 Å². The zero-order chi connectivity index (χ0) is 22.3. The number of nitrogens with zero attached hydrogens (tertiary/aromatic N) is 2. The first-order valence-electron chi connectivity index (χ1n) is 9.22. The molecule has 0 aromatic heterocycles. The SMILES string of the molecule is O=C(CN(Cc1ccccc1)S(=O)(=O)c1ccccc1)N/N=C/c1ccc(Cl)c(Cl)c1. The summed E-state index contributed by atoms with van der Waals surface area (Å²) in [6.07, 6.45) is 1.40. The van der Waals surface area contributed by atoms with Crippen LogP contribution in [0.1, 0.15) is 11.1 Å². The van der Waals surface area contributed by atoms with E-state index in [4.69, 9.17) is 23.2 Å². The van der Waals surface area contributed by atoms with Crippen molar-refractivity contribution in [2.75, 3.05) is 6.54 Å². The molecule has 1 amide bonds. The lowest BCUT2D eigenvalue weighted by atomic mass is 10.2. The monoisotopic (exact) mass is 475 g/mol. The summed E-state index contributed by atoms with van der Waals surface area (Å²) in [4.78, 5) is 12.6. The summed E-state index contributed by atoms with van der Waals surface area (Å²) in [7, 11) is -3.89. The minimum absolute atomic E-state index is 0.0436. The molecular formula is C22H19Cl2N3O3S. The molecule has 0 unspecified atom stereocenters. The molecule has 0 fully saturated rings. The molecule has 0 aliphatic rings. The maximum absolute atomic E-state index is 13.1. The molecule has 6 nitrogen and oxygen atoms in total. The Morgan fingerprint density at radius 1 is 0.935 bits per heavy atom. The molecule has 3 aromatic carbocycles. The highest BCUT2D eigenvalue weighted by Gasteiger charge is 2.26. The quantitative estimate of drug-likeness (QED) is 0.388. The fourth-order valence-electron chi connectivity index (χ4n) is 2.72. The summed E-state index contributed by atoms with van der Waals surface area (Å²) in [5.41, 5.74) is 3.74. The minimum atomic E-state index is -3.89. The highest BCUT2D eigenvalue weighted by atomic mass is 35.5. The number of benzene rings is 3. The molecule has 3 aromatic rings. The lowest BCUT2D eigenvalue weighted by Gasteiger charge is -2.21. The number of amides is 1. The van der Waals surface area contributed by atoms with E-state index in [0.717, 1.165) is 9.87 Å². The van der Waals surface area contributed by atoms with Crippen LogP contribution in [0.25, 0.3) is 0 Å². The first-order valence-corrected chi connectivity index (χ1v) is 11.4. The Kier molecular flexibility index (Phi) is 7.81. The average molecular weight is 476 g/mol. The van der Waals surface area contributed by atoms with Gasteiger partial charge >= 0.3 is 0 Å². The van der Waals surface area contributed by atoms with E-state index in [1.807, 2.05) is 18.2 Å². The summed E-state index contributed by atoms with van der Waals surface area (Å²) >= 11 is 11.8. The molecule has 3 rings (SSSR count). The van der Waals surface area contributed by atoms with Gasteiger partial charge in [0.2, 0.25) is 10.0 Å². The van der Waals surface area contributed by atoms with Crippen LogP contribution in [0.15, 0.2) is 88.9 Å². The zero-order valence-electron chi connectivity index (χ0n) is 16.3. The highest BCUT2D eigenvalue weighted by molar-refractivity contribution is 7.89. The van der Waals surface area contributed by atoms with Gasteiger partial charge in [-0.1, -0.05) is 77.8 Å². The normalized spacial score (nSPS) is 11.7. The van der Waals surface area contributed by atoms with Crippen molar-refractivity contribution in [1.82, 2.24) is 9.73 Å². The summed E-state index contributed by atoms with van der Waals surface area (Å²) in [5.74, 6) is -0.577. The third-order valence-corrected chi connectivity index (χ3v) is 6.79. The molecule has 0 aliphatic heterocycles. The average Bonchev–Trinajstić information content (AvgIpc) is 2.77. The van der Waals surface area contributed by atoms with Crippen LogP contribution in [-0.2, 0) is 21.4 Å². The van der Waals surface area contributed by atoms with Gasteiger partial charge in [0.25, 0.3) is 5.91 Å². The molecule has 31 heavy (non-hydrogen) atoms. The largest absolute Gasteiger partial charge is 0.272 e. The number of sulfonamides is 1. The van der Waals surface area contributed by atoms with Gasteiger partial charge in [-0.25, -0.2) is 13.8 Å². The first-order chi connectivity index (χ1) is 14.9. The van der Waals surface area contributed by atoms with Crippen molar-refractivity contribution in [1.29, 1.82) is 0 Å². The van der Waals surface area contributed by atoms with E-state index in [9.17, 15) is 13.2 Å². The summed E-state index contributed by atoms with van der Waals surface area (Å²) in [5, 5.41) is 4.65. The van der Waals surface area contributed by atoms with Crippen molar-refractivity contribution in [2.24, 2.45) is 5.10 Å². The van der Waals surface area contributed by atoms with Crippen LogP contribution in [0.4, 0.5) is 0 Å². The van der Waals surface area contributed by atoms with Crippen molar-refractivity contribution in [2.45, 2.75) is 11.4 Å². The Labute approximate surface area is 191 Å². The van der Waals surface area contributed by atoms with Gasteiger partial charge in [-0.05, 0) is 35.4 Å². The van der Waals surface area contributed by atoms with Gasteiger partial charge in [-0.2, -0.15) is 9.41 Å². The van der Waals surface area contributed by atoms with Crippen LogP contribution >= 0.6 is 23.2 Å². The number of hydrazone groups is 1. The van der Waals surface area contributed by atoms with Crippen molar-refractivity contribution in [3.05, 3.63) is 100 Å². The van der Waals surface area contributed by atoms with Crippen molar-refractivity contribution in [3.8, 4) is 0 Å². The number of halogens is 2. The van der Waals surface area contributed by atoms with Gasteiger partial charge in [0.05, 0.1) is 27.7 Å². The Bertz CT molecular complexity index is 1170. The van der Waals surface area contributed by atoms with Crippen LogP contribution in [0.3, 0.4) is 0 Å². The van der Waals surface area contributed by atoms with Gasteiger partial charge in [0.1, 0.15) is 0 Å². The van der Waals surface area contributed by atoms with E-state index in [1.54, 1.807) is 48.5 Å². The predicted molar refractivity (Wildman–Crippen MR) is 123 cm³/mol. The van der Waals surface area contributed by atoms with Gasteiger partial charge < -0.3 is 0 Å². The van der Waals surface area contributed by atoms with E-state index in [2.05, 4.69) is 10.5 Å². The number of nitrogens with one attached hydrogen (secondary N) is 1. The van der Waals surface area contributed by atoms with Crippen LogP contribution < -0.4 is 5.43 Å². The second-order valence-corrected chi connectivity index (χ2v) is 9.29. The fourth-order valence-corrected chi connectivity index (χ4v) is 4.43. The number of rotatable bonds is 8. The van der Waals surface area contributed by atoms with Gasteiger partial charge in [-0.3, -0.25) is 4.79 Å². The van der Waals surface area contributed by atoms with Crippen molar-refractivity contribution >= 4 is 45.3 Å². The lowest BCUT2D eigenvalue weighted by Crippen LogP contribution is -2.39. The van der Waals surface area contributed by atoms with E-state index in [1.165, 1.54) is 18.3 Å². The highest BCUT2D eigenvalue weighted by Crippen LogP contribution is 2.22.